The van der Waals surface area contributed by atoms with E-state index >= 15 is 0 Å². The first-order valence-electron chi connectivity index (χ1n) is 5.57. The topological polar surface area (TPSA) is 20.2 Å². The first-order chi connectivity index (χ1) is 6.76. The summed E-state index contributed by atoms with van der Waals surface area (Å²) < 4.78 is 0. The molecule has 0 aliphatic rings. The van der Waals surface area contributed by atoms with E-state index in [4.69, 9.17) is 0 Å². The van der Waals surface area contributed by atoms with Crippen LogP contribution >= 0.6 is 0 Å². The molecule has 1 atom stereocenters. The van der Waals surface area contributed by atoms with Gasteiger partial charge in [0.25, 0.3) is 0 Å². The Labute approximate surface area is 93.1 Å². The van der Waals surface area contributed by atoms with Crippen LogP contribution in [0.2, 0.25) is 0 Å². The van der Waals surface area contributed by atoms with E-state index in [0.29, 0.717) is 0 Å². The summed E-state index contributed by atoms with van der Waals surface area (Å²) in [7, 11) is 0. The van der Waals surface area contributed by atoms with Crippen molar-refractivity contribution in [3.05, 3.63) is 34.4 Å². The Balaban J connectivity index is 3.38. The van der Waals surface area contributed by atoms with E-state index in [1.54, 1.807) is 0 Å². The van der Waals surface area contributed by atoms with Gasteiger partial charge in [-0.1, -0.05) is 31.5 Å². The number of rotatable bonds is 2. The zero-order chi connectivity index (χ0) is 11.8. The SMILES string of the molecule is Cc1cc(C)c([C@](C)(O)C(C)C)c(C)c1. The van der Waals surface area contributed by atoms with Crippen LogP contribution in [-0.2, 0) is 5.60 Å². The number of aliphatic hydroxyl groups is 1. The van der Waals surface area contributed by atoms with Crippen LogP contribution in [0.5, 0.6) is 0 Å². The Kier molecular flexibility index (Phi) is 3.25. The van der Waals surface area contributed by atoms with Gasteiger partial charge in [0, 0.05) is 0 Å². The van der Waals surface area contributed by atoms with Gasteiger partial charge in [0.15, 0.2) is 0 Å². The van der Waals surface area contributed by atoms with Crippen LogP contribution in [0.15, 0.2) is 12.1 Å². The molecule has 0 spiro atoms. The lowest BCUT2D eigenvalue weighted by atomic mass is 9.80. The fourth-order valence-corrected chi connectivity index (χ4v) is 2.27. The monoisotopic (exact) mass is 206 g/mol. The molecule has 0 amide bonds. The third-order valence-corrected chi connectivity index (χ3v) is 3.31. The molecule has 1 nitrogen and oxygen atoms in total. The Morgan fingerprint density at radius 1 is 1.07 bits per heavy atom. The third kappa shape index (κ3) is 2.23. The van der Waals surface area contributed by atoms with Crippen molar-refractivity contribution in [1.82, 2.24) is 0 Å². The van der Waals surface area contributed by atoms with Gasteiger partial charge in [0.1, 0.15) is 0 Å². The standard InChI is InChI=1S/C14H22O/c1-9(2)14(6,15)13-11(4)7-10(3)8-12(13)5/h7-9,15H,1-6H3/t14-/m1/s1. The molecular weight excluding hydrogens is 184 g/mol. The summed E-state index contributed by atoms with van der Waals surface area (Å²) in [5.74, 6) is 0.220. The molecule has 0 aliphatic heterocycles. The number of aryl methyl sites for hydroxylation is 3. The second-order valence-electron chi connectivity index (χ2n) is 5.08. The van der Waals surface area contributed by atoms with E-state index < -0.39 is 5.60 Å². The smallest absolute Gasteiger partial charge is 0.0896 e. The molecule has 0 aromatic heterocycles. The van der Waals surface area contributed by atoms with E-state index in [1.807, 2.05) is 6.92 Å². The lowest BCUT2D eigenvalue weighted by Gasteiger charge is -2.31. The van der Waals surface area contributed by atoms with Crippen molar-refractivity contribution < 1.29 is 5.11 Å². The fraction of sp³-hybridized carbons (Fsp3) is 0.571. The van der Waals surface area contributed by atoms with Crippen LogP contribution in [0.1, 0.15) is 43.0 Å². The highest BCUT2D eigenvalue weighted by Crippen LogP contribution is 2.34. The maximum Gasteiger partial charge on any atom is 0.0896 e. The largest absolute Gasteiger partial charge is 0.385 e. The van der Waals surface area contributed by atoms with Crippen molar-refractivity contribution >= 4 is 0 Å². The number of hydrogen-bond acceptors (Lipinski definition) is 1. The van der Waals surface area contributed by atoms with E-state index in [9.17, 15) is 5.11 Å². The van der Waals surface area contributed by atoms with E-state index in [1.165, 1.54) is 16.7 Å². The molecule has 0 fully saturated rings. The van der Waals surface area contributed by atoms with Crippen molar-refractivity contribution in [3.8, 4) is 0 Å². The van der Waals surface area contributed by atoms with Gasteiger partial charge in [0.2, 0.25) is 0 Å². The van der Waals surface area contributed by atoms with Crippen molar-refractivity contribution in [3.63, 3.8) is 0 Å². The average Bonchev–Trinajstić information content (AvgIpc) is 2.00. The summed E-state index contributed by atoms with van der Waals surface area (Å²) in [6, 6.07) is 4.28. The molecule has 0 saturated heterocycles. The quantitative estimate of drug-likeness (QED) is 0.785. The predicted molar refractivity (Wildman–Crippen MR) is 65.1 cm³/mol. The molecule has 0 bridgehead atoms. The van der Waals surface area contributed by atoms with Gasteiger partial charge in [-0.2, -0.15) is 0 Å². The molecular formula is C14H22O. The van der Waals surface area contributed by atoms with Gasteiger partial charge in [0.05, 0.1) is 5.60 Å². The minimum atomic E-state index is -0.734. The van der Waals surface area contributed by atoms with E-state index in [-0.39, 0.29) is 5.92 Å². The van der Waals surface area contributed by atoms with Gasteiger partial charge >= 0.3 is 0 Å². The Bertz CT molecular complexity index is 339. The molecule has 0 heterocycles. The van der Waals surface area contributed by atoms with E-state index in [0.717, 1.165) is 5.56 Å². The van der Waals surface area contributed by atoms with Crippen molar-refractivity contribution in [2.24, 2.45) is 5.92 Å². The molecule has 1 rings (SSSR count). The molecule has 15 heavy (non-hydrogen) atoms. The molecule has 0 saturated carbocycles. The first-order valence-corrected chi connectivity index (χ1v) is 5.57. The van der Waals surface area contributed by atoms with Crippen LogP contribution in [0.25, 0.3) is 0 Å². The average molecular weight is 206 g/mol. The lowest BCUT2D eigenvalue weighted by molar-refractivity contribution is 0.00788. The van der Waals surface area contributed by atoms with Gasteiger partial charge in [-0.25, -0.2) is 0 Å². The molecule has 0 unspecified atom stereocenters. The zero-order valence-corrected chi connectivity index (χ0v) is 10.7. The van der Waals surface area contributed by atoms with Gasteiger partial charge < -0.3 is 5.11 Å². The summed E-state index contributed by atoms with van der Waals surface area (Å²) in [4.78, 5) is 0. The highest BCUT2D eigenvalue weighted by molar-refractivity contribution is 5.41. The number of benzene rings is 1. The van der Waals surface area contributed by atoms with E-state index in [2.05, 4.69) is 46.8 Å². The van der Waals surface area contributed by atoms with Crippen molar-refractivity contribution in [2.45, 2.75) is 47.1 Å². The second kappa shape index (κ2) is 3.97. The Hall–Kier alpha value is -0.820. The third-order valence-electron chi connectivity index (χ3n) is 3.31. The highest BCUT2D eigenvalue weighted by atomic mass is 16.3. The summed E-state index contributed by atoms with van der Waals surface area (Å²) >= 11 is 0. The lowest BCUT2D eigenvalue weighted by Crippen LogP contribution is -2.30. The maximum absolute atomic E-state index is 10.5. The molecule has 0 radical (unpaired) electrons. The molecule has 84 valence electrons. The van der Waals surface area contributed by atoms with Gasteiger partial charge in [-0.3, -0.25) is 0 Å². The van der Waals surface area contributed by atoms with Gasteiger partial charge in [-0.05, 0) is 50.3 Å². The van der Waals surface area contributed by atoms with Crippen LogP contribution in [0.3, 0.4) is 0 Å². The van der Waals surface area contributed by atoms with Crippen LogP contribution < -0.4 is 0 Å². The van der Waals surface area contributed by atoms with Crippen LogP contribution in [-0.4, -0.2) is 5.11 Å². The van der Waals surface area contributed by atoms with Crippen molar-refractivity contribution in [2.75, 3.05) is 0 Å². The fourth-order valence-electron chi connectivity index (χ4n) is 2.27. The van der Waals surface area contributed by atoms with Crippen LogP contribution in [0.4, 0.5) is 0 Å². The molecule has 0 aliphatic carbocycles. The number of hydrogen-bond donors (Lipinski definition) is 1. The zero-order valence-electron chi connectivity index (χ0n) is 10.7. The van der Waals surface area contributed by atoms with Crippen LogP contribution in [0, 0.1) is 26.7 Å². The summed E-state index contributed by atoms with van der Waals surface area (Å²) in [5.41, 5.74) is 3.98. The predicted octanol–water partition coefficient (Wildman–Crippen LogP) is 3.48. The highest BCUT2D eigenvalue weighted by Gasteiger charge is 2.30. The maximum atomic E-state index is 10.5. The Morgan fingerprint density at radius 3 is 1.80 bits per heavy atom. The summed E-state index contributed by atoms with van der Waals surface area (Å²) in [6.07, 6.45) is 0. The van der Waals surface area contributed by atoms with Crippen molar-refractivity contribution in [1.29, 1.82) is 0 Å². The first kappa shape index (κ1) is 12.3. The van der Waals surface area contributed by atoms with Gasteiger partial charge in [-0.15, -0.1) is 0 Å². The molecule has 1 heteroatoms. The normalized spacial score (nSPS) is 15.5. The minimum absolute atomic E-state index is 0.220. The molecule has 1 N–H and O–H groups in total. The minimum Gasteiger partial charge on any atom is -0.385 e. The Morgan fingerprint density at radius 2 is 1.47 bits per heavy atom. The summed E-state index contributed by atoms with van der Waals surface area (Å²) in [6.45, 7) is 12.3. The molecule has 1 aromatic carbocycles. The molecule has 1 aromatic rings. The second-order valence-corrected chi connectivity index (χ2v) is 5.08. The summed E-state index contributed by atoms with van der Waals surface area (Å²) in [5, 5.41) is 10.5.